The average Bonchev–Trinajstić information content (AvgIpc) is 3.04. The summed E-state index contributed by atoms with van der Waals surface area (Å²) in [5, 5.41) is 6.49. The number of aliphatic imine (C=N–C) groups is 1. The number of likely N-dealkylation sites (tertiary alicyclic amines) is 1. The molecule has 2 N–H and O–H groups in total. The molecule has 2 rings (SSSR count). The molecule has 148 valence electrons. The molecular weight excluding hydrogens is 453 g/mol. The molecule has 1 heterocycles. The van der Waals surface area contributed by atoms with E-state index in [1.807, 2.05) is 0 Å². The third kappa shape index (κ3) is 7.61. The normalized spacial score (nSPS) is 17.9. The minimum absolute atomic E-state index is 0. The molecule has 0 bridgehead atoms. The molecule has 1 aromatic rings. The van der Waals surface area contributed by atoms with E-state index in [1.165, 1.54) is 12.8 Å². The van der Waals surface area contributed by atoms with Crippen molar-refractivity contribution in [1.82, 2.24) is 15.5 Å². The van der Waals surface area contributed by atoms with E-state index >= 15 is 0 Å². The first kappa shape index (κ1) is 22.9. The fourth-order valence-electron chi connectivity index (χ4n) is 3.10. The van der Waals surface area contributed by atoms with Crippen LogP contribution in [0.25, 0.3) is 0 Å². The zero-order chi connectivity index (χ0) is 18.1. The second kappa shape index (κ2) is 12.3. The van der Waals surface area contributed by atoms with E-state index in [0.717, 1.165) is 26.2 Å². The second-order valence-electron chi connectivity index (χ2n) is 6.25. The number of para-hydroxylation sites is 1. The number of guanidine groups is 1. The Morgan fingerprint density at radius 1 is 1.35 bits per heavy atom. The van der Waals surface area contributed by atoms with Crippen LogP contribution in [0.15, 0.2) is 29.3 Å². The summed E-state index contributed by atoms with van der Waals surface area (Å²) in [6.07, 6.45) is 2.37. The number of hydrogen-bond donors (Lipinski definition) is 2. The van der Waals surface area contributed by atoms with E-state index in [0.29, 0.717) is 24.0 Å². The average molecular weight is 482 g/mol. The van der Waals surface area contributed by atoms with Gasteiger partial charge < -0.3 is 20.3 Å². The van der Waals surface area contributed by atoms with E-state index in [9.17, 15) is 8.78 Å². The van der Waals surface area contributed by atoms with Crippen LogP contribution in [-0.2, 0) is 6.54 Å². The number of rotatable bonds is 8. The largest absolute Gasteiger partial charge is 0.434 e. The van der Waals surface area contributed by atoms with Gasteiger partial charge in [0.1, 0.15) is 5.75 Å². The Morgan fingerprint density at radius 3 is 2.81 bits per heavy atom. The lowest BCUT2D eigenvalue weighted by Crippen LogP contribution is -2.40. The van der Waals surface area contributed by atoms with Crippen LogP contribution in [-0.4, -0.2) is 50.7 Å². The first-order chi connectivity index (χ1) is 12.1. The van der Waals surface area contributed by atoms with Crippen LogP contribution < -0.4 is 15.4 Å². The summed E-state index contributed by atoms with van der Waals surface area (Å²) >= 11 is 0. The Balaban J connectivity index is 0.00000338. The lowest BCUT2D eigenvalue weighted by Gasteiger charge is -2.17. The maximum Gasteiger partial charge on any atom is 0.387 e. The Labute approximate surface area is 171 Å². The Bertz CT molecular complexity index is 560. The monoisotopic (exact) mass is 482 g/mol. The highest BCUT2D eigenvalue weighted by molar-refractivity contribution is 14.0. The molecule has 1 aromatic carbocycles. The van der Waals surface area contributed by atoms with Crippen molar-refractivity contribution in [3.8, 4) is 5.75 Å². The summed E-state index contributed by atoms with van der Waals surface area (Å²) < 4.78 is 29.5. The maximum absolute atomic E-state index is 12.5. The Hall–Kier alpha value is -1.16. The molecule has 0 amide bonds. The highest BCUT2D eigenvalue weighted by Gasteiger charge is 2.21. The van der Waals surface area contributed by atoms with Crippen LogP contribution in [0.3, 0.4) is 0 Å². The van der Waals surface area contributed by atoms with Crippen molar-refractivity contribution in [2.45, 2.75) is 32.9 Å². The van der Waals surface area contributed by atoms with Crippen LogP contribution in [0.1, 0.15) is 25.3 Å². The first-order valence-corrected chi connectivity index (χ1v) is 8.82. The van der Waals surface area contributed by atoms with Crippen LogP contribution in [0, 0.1) is 5.92 Å². The molecule has 0 spiro atoms. The van der Waals surface area contributed by atoms with Crippen molar-refractivity contribution in [1.29, 1.82) is 0 Å². The van der Waals surface area contributed by atoms with Crippen molar-refractivity contribution < 1.29 is 13.5 Å². The van der Waals surface area contributed by atoms with Gasteiger partial charge in [0, 0.05) is 32.2 Å². The van der Waals surface area contributed by atoms with E-state index in [1.54, 1.807) is 31.3 Å². The van der Waals surface area contributed by atoms with Crippen molar-refractivity contribution in [3.05, 3.63) is 29.8 Å². The van der Waals surface area contributed by atoms with Crippen LogP contribution >= 0.6 is 24.0 Å². The molecule has 1 aliphatic rings. The van der Waals surface area contributed by atoms with Crippen LogP contribution in [0.5, 0.6) is 5.75 Å². The van der Waals surface area contributed by atoms with E-state index in [-0.39, 0.29) is 29.7 Å². The topological polar surface area (TPSA) is 48.9 Å². The summed E-state index contributed by atoms with van der Waals surface area (Å²) in [5.41, 5.74) is 0.667. The number of benzene rings is 1. The van der Waals surface area contributed by atoms with Crippen molar-refractivity contribution >= 4 is 29.9 Å². The number of hydrogen-bond acceptors (Lipinski definition) is 3. The zero-order valence-corrected chi connectivity index (χ0v) is 17.7. The van der Waals surface area contributed by atoms with Gasteiger partial charge in [0.25, 0.3) is 0 Å². The molecule has 1 fully saturated rings. The number of alkyl halides is 2. The molecule has 1 aliphatic heterocycles. The molecule has 26 heavy (non-hydrogen) atoms. The summed E-state index contributed by atoms with van der Waals surface area (Å²) in [7, 11) is 1.70. The summed E-state index contributed by atoms with van der Waals surface area (Å²) in [6, 6.07) is 6.78. The van der Waals surface area contributed by atoms with Crippen molar-refractivity contribution in [3.63, 3.8) is 0 Å². The van der Waals surface area contributed by atoms with E-state index < -0.39 is 6.61 Å². The maximum atomic E-state index is 12.5. The molecule has 1 unspecified atom stereocenters. The van der Waals surface area contributed by atoms with Crippen LogP contribution in [0.4, 0.5) is 8.78 Å². The highest BCUT2D eigenvalue weighted by atomic mass is 127. The molecular formula is C18H29F2IN4O. The molecule has 0 radical (unpaired) electrons. The van der Waals surface area contributed by atoms with Gasteiger partial charge in [-0.05, 0) is 37.9 Å². The quantitative estimate of drug-likeness (QED) is 0.339. The van der Waals surface area contributed by atoms with Crippen molar-refractivity contribution in [2.24, 2.45) is 10.9 Å². The van der Waals surface area contributed by atoms with Gasteiger partial charge in [-0.25, -0.2) is 0 Å². The minimum Gasteiger partial charge on any atom is -0.434 e. The number of ether oxygens (including phenoxy) is 1. The lowest BCUT2D eigenvalue weighted by atomic mass is 10.1. The third-order valence-electron chi connectivity index (χ3n) is 4.33. The SMILES string of the molecule is CCCN1CCC(CNC(=NC)NCc2ccccc2OC(F)F)C1.I. The number of nitrogens with one attached hydrogen (secondary N) is 2. The second-order valence-corrected chi connectivity index (χ2v) is 6.25. The molecule has 1 saturated heterocycles. The fraction of sp³-hybridized carbons (Fsp3) is 0.611. The Morgan fingerprint density at radius 2 is 2.12 bits per heavy atom. The van der Waals surface area contributed by atoms with Crippen molar-refractivity contribution in [2.75, 3.05) is 33.2 Å². The van der Waals surface area contributed by atoms with Gasteiger partial charge in [0.15, 0.2) is 5.96 Å². The molecule has 1 atom stereocenters. The third-order valence-corrected chi connectivity index (χ3v) is 4.33. The molecule has 0 saturated carbocycles. The summed E-state index contributed by atoms with van der Waals surface area (Å²) in [6.45, 7) is 4.03. The van der Waals surface area contributed by atoms with Gasteiger partial charge in [-0.15, -0.1) is 24.0 Å². The van der Waals surface area contributed by atoms with Gasteiger partial charge in [-0.3, -0.25) is 4.99 Å². The molecule has 8 heteroatoms. The van der Waals surface area contributed by atoms with E-state index in [4.69, 9.17) is 0 Å². The van der Waals surface area contributed by atoms with Crippen LogP contribution in [0.2, 0.25) is 0 Å². The van der Waals surface area contributed by atoms with Gasteiger partial charge in [0.05, 0.1) is 0 Å². The molecule has 5 nitrogen and oxygen atoms in total. The van der Waals surface area contributed by atoms with E-state index in [2.05, 4.69) is 32.2 Å². The summed E-state index contributed by atoms with van der Waals surface area (Å²) in [4.78, 5) is 6.69. The standard InChI is InChI=1S/C18H28F2N4O.HI/c1-3-9-24-10-8-14(13-24)11-22-18(21-2)23-12-15-6-4-5-7-16(15)25-17(19)20;/h4-7,14,17H,3,8-13H2,1-2H3,(H2,21,22,23);1H. The zero-order valence-electron chi connectivity index (χ0n) is 15.4. The van der Waals surface area contributed by atoms with Gasteiger partial charge >= 0.3 is 6.61 Å². The number of halogens is 3. The predicted octanol–water partition coefficient (Wildman–Crippen LogP) is 3.30. The summed E-state index contributed by atoms with van der Waals surface area (Å²) in [5.74, 6) is 1.46. The molecule has 0 aromatic heterocycles. The Kier molecular flexibility index (Phi) is 10.8. The lowest BCUT2D eigenvalue weighted by molar-refractivity contribution is -0.0504. The number of nitrogens with zero attached hydrogens (tertiary/aromatic N) is 2. The minimum atomic E-state index is -2.83. The smallest absolute Gasteiger partial charge is 0.387 e. The van der Waals surface area contributed by atoms with Gasteiger partial charge in [0.2, 0.25) is 0 Å². The van der Waals surface area contributed by atoms with Gasteiger partial charge in [-0.2, -0.15) is 8.78 Å². The van der Waals surface area contributed by atoms with Gasteiger partial charge in [-0.1, -0.05) is 25.1 Å². The first-order valence-electron chi connectivity index (χ1n) is 8.82. The fourth-order valence-corrected chi connectivity index (χ4v) is 3.10. The predicted molar refractivity (Wildman–Crippen MR) is 112 cm³/mol. The molecule has 0 aliphatic carbocycles. The highest BCUT2D eigenvalue weighted by Crippen LogP contribution is 2.20.